The van der Waals surface area contributed by atoms with Gasteiger partial charge in [0.05, 0.1) is 0 Å². The van der Waals surface area contributed by atoms with Crippen LogP contribution in [0.25, 0.3) is 0 Å². The maximum Gasteiger partial charge on any atom is 0.109 e. The zero-order valence-corrected chi connectivity index (χ0v) is 7.95. The van der Waals surface area contributed by atoms with Crippen LogP contribution in [0.5, 0.6) is 0 Å². The number of hydrogen-bond acceptors (Lipinski definition) is 3. The van der Waals surface area contributed by atoms with Crippen LogP contribution >= 0.6 is 24.8 Å². The Labute approximate surface area is 77.2 Å². The summed E-state index contributed by atoms with van der Waals surface area (Å²) < 4.78 is 1.75. The van der Waals surface area contributed by atoms with Crippen LogP contribution in [0, 0.1) is 11.8 Å². The highest BCUT2D eigenvalue weighted by molar-refractivity contribution is 8.07. The second-order valence-electron chi connectivity index (χ2n) is 1.91. The molecule has 0 fully saturated rings. The van der Waals surface area contributed by atoms with E-state index in [9.17, 15) is 0 Å². The minimum atomic E-state index is 0.882. The van der Waals surface area contributed by atoms with E-state index in [-0.39, 0.29) is 0 Å². The number of thiol groups is 1. The van der Waals surface area contributed by atoms with E-state index in [4.69, 9.17) is 0 Å². The molecule has 0 radical (unpaired) electrons. The fraction of sp³-hybridized carbons (Fsp3) is 0.250. The summed E-state index contributed by atoms with van der Waals surface area (Å²) in [7, 11) is 0. The highest BCUT2D eigenvalue weighted by atomic mass is 32.2. The molecule has 1 aliphatic heterocycles. The second-order valence-corrected chi connectivity index (χ2v) is 3.43. The summed E-state index contributed by atoms with van der Waals surface area (Å²) in [6, 6.07) is 0. The molecule has 1 heterocycles. The average molecular weight is 183 g/mol. The summed E-state index contributed by atoms with van der Waals surface area (Å²) in [6.07, 6.45) is 4.80. The summed E-state index contributed by atoms with van der Waals surface area (Å²) in [5.41, 5.74) is 0.947. The molecule has 0 aliphatic carbocycles. The van der Waals surface area contributed by atoms with Crippen LogP contribution in [0.2, 0.25) is 0 Å². The number of nitrogens with zero attached hydrogens (tertiary/aromatic N) is 1. The lowest BCUT2D eigenvalue weighted by Crippen LogP contribution is -2.00. The maximum absolute atomic E-state index is 4.20. The summed E-state index contributed by atoms with van der Waals surface area (Å²) in [6.45, 7) is 2.03. The largest absolute Gasteiger partial charge is 0.249 e. The van der Waals surface area contributed by atoms with E-state index in [1.807, 2.05) is 24.5 Å². The van der Waals surface area contributed by atoms with Crippen LogP contribution in [0.15, 0.2) is 23.3 Å². The van der Waals surface area contributed by atoms with Gasteiger partial charge in [-0.1, -0.05) is 31.7 Å². The van der Waals surface area contributed by atoms with Crippen molar-refractivity contribution in [2.24, 2.45) is 0 Å². The van der Waals surface area contributed by atoms with Crippen molar-refractivity contribution in [2.45, 2.75) is 13.3 Å². The molecule has 0 saturated carbocycles. The van der Waals surface area contributed by atoms with Crippen LogP contribution in [-0.4, -0.2) is 3.71 Å². The smallest absolute Gasteiger partial charge is 0.109 e. The fourth-order valence-corrected chi connectivity index (χ4v) is 1.38. The van der Waals surface area contributed by atoms with E-state index < -0.39 is 0 Å². The first-order valence-corrected chi connectivity index (χ1v) is 4.59. The third kappa shape index (κ3) is 2.57. The first-order chi connectivity index (χ1) is 5.34. The van der Waals surface area contributed by atoms with Crippen LogP contribution in [0.1, 0.15) is 13.3 Å². The second kappa shape index (κ2) is 4.42. The molecule has 0 aromatic carbocycles. The first-order valence-electron chi connectivity index (χ1n) is 3.36. The molecule has 0 bridgehead atoms. The number of rotatable bonds is 0. The summed E-state index contributed by atoms with van der Waals surface area (Å²) >= 11 is 5.73. The van der Waals surface area contributed by atoms with Gasteiger partial charge in [-0.15, -0.1) is 0 Å². The van der Waals surface area contributed by atoms with Gasteiger partial charge in [0.1, 0.15) is 5.70 Å². The molecule has 0 aromatic rings. The van der Waals surface area contributed by atoms with Crippen molar-refractivity contribution >= 4 is 24.8 Å². The van der Waals surface area contributed by atoms with Crippen molar-refractivity contribution in [1.29, 1.82) is 0 Å². The Morgan fingerprint density at radius 2 is 2.55 bits per heavy atom. The molecule has 11 heavy (non-hydrogen) atoms. The Hall–Kier alpha value is -0.460. The lowest BCUT2D eigenvalue weighted by atomic mass is 10.3. The van der Waals surface area contributed by atoms with Crippen molar-refractivity contribution in [3.8, 4) is 11.8 Å². The first kappa shape index (κ1) is 8.63. The van der Waals surface area contributed by atoms with Gasteiger partial charge in [-0.25, -0.2) is 3.71 Å². The van der Waals surface area contributed by atoms with Crippen LogP contribution in [-0.2, 0) is 0 Å². The molecule has 0 amide bonds. The quantitative estimate of drug-likeness (QED) is 0.349. The molecule has 0 aromatic heterocycles. The Morgan fingerprint density at radius 1 is 1.73 bits per heavy atom. The van der Waals surface area contributed by atoms with E-state index in [2.05, 4.69) is 24.7 Å². The Morgan fingerprint density at radius 3 is 3.18 bits per heavy atom. The molecule has 58 valence electrons. The van der Waals surface area contributed by atoms with Crippen molar-refractivity contribution in [3.05, 3.63) is 23.3 Å². The van der Waals surface area contributed by atoms with E-state index in [0.29, 0.717) is 0 Å². The van der Waals surface area contributed by atoms with Crippen LogP contribution in [0.3, 0.4) is 0 Å². The van der Waals surface area contributed by atoms with Gasteiger partial charge in [0.2, 0.25) is 0 Å². The molecule has 0 atom stereocenters. The highest BCUT2D eigenvalue weighted by Crippen LogP contribution is 2.24. The van der Waals surface area contributed by atoms with E-state index >= 15 is 0 Å². The Kier molecular flexibility index (Phi) is 3.47. The van der Waals surface area contributed by atoms with Crippen LogP contribution in [0.4, 0.5) is 0 Å². The third-order valence-corrected chi connectivity index (χ3v) is 2.27. The van der Waals surface area contributed by atoms with Crippen LogP contribution < -0.4 is 0 Å². The van der Waals surface area contributed by atoms with Gasteiger partial charge in [-0.2, -0.15) is 0 Å². The predicted octanol–water partition coefficient (Wildman–Crippen LogP) is 2.61. The molecular weight excluding hydrogens is 174 g/mol. The van der Waals surface area contributed by atoms with Crippen molar-refractivity contribution in [1.82, 2.24) is 3.71 Å². The molecule has 0 unspecified atom stereocenters. The van der Waals surface area contributed by atoms with Gasteiger partial charge >= 0.3 is 0 Å². The van der Waals surface area contributed by atoms with Gasteiger partial charge in [0.15, 0.2) is 0 Å². The Balaban J connectivity index is 2.68. The zero-order chi connectivity index (χ0) is 8.10. The lowest BCUT2D eigenvalue weighted by Gasteiger charge is -2.14. The predicted molar refractivity (Wildman–Crippen MR) is 53.7 cm³/mol. The average Bonchev–Trinajstić information content (AvgIpc) is 2.03. The minimum Gasteiger partial charge on any atom is -0.249 e. The monoisotopic (exact) mass is 183 g/mol. The maximum atomic E-state index is 4.20. The topological polar surface area (TPSA) is 3.24 Å². The zero-order valence-electron chi connectivity index (χ0n) is 6.24. The van der Waals surface area contributed by atoms with E-state index in [0.717, 1.165) is 12.1 Å². The summed E-state index contributed by atoms with van der Waals surface area (Å²) in [4.78, 5) is 0. The van der Waals surface area contributed by atoms with Crippen molar-refractivity contribution < 1.29 is 0 Å². The third-order valence-electron chi connectivity index (χ3n) is 1.09. The molecule has 1 nitrogen and oxygen atoms in total. The van der Waals surface area contributed by atoms with Gasteiger partial charge in [0, 0.05) is 6.42 Å². The molecule has 1 aliphatic rings. The SMILES string of the molecule is CCC#CC1=CC=CSN1S. The standard InChI is InChI=1S/C8H9NS2/c1-2-3-5-8-6-4-7-11-9(8)10/h4,6-7,10H,2H2,1H3. The molecule has 0 spiro atoms. The van der Waals surface area contributed by atoms with Crippen molar-refractivity contribution in [3.63, 3.8) is 0 Å². The lowest BCUT2D eigenvalue weighted by molar-refractivity contribution is 0.995. The molecule has 3 heteroatoms. The minimum absolute atomic E-state index is 0.882. The normalized spacial score (nSPS) is 15.5. The number of allylic oxidation sites excluding steroid dienone is 3. The number of hydrogen-bond donors (Lipinski definition) is 1. The van der Waals surface area contributed by atoms with Crippen molar-refractivity contribution in [2.75, 3.05) is 0 Å². The molecular formula is C8H9NS2. The highest BCUT2D eigenvalue weighted by Gasteiger charge is 2.03. The molecule has 0 N–H and O–H groups in total. The fourth-order valence-electron chi connectivity index (χ4n) is 0.612. The molecule has 1 rings (SSSR count). The van der Waals surface area contributed by atoms with Gasteiger partial charge in [-0.05, 0) is 29.4 Å². The van der Waals surface area contributed by atoms with Gasteiger partial charge in [-0.3, -0.25) is 0 Å². The van der Waals surface area contributed by atoms with E-state index in [1.165, 1.54) is 11.9 Å². The Bertz CT molecular complexity index is 245. The summed E-state index contributed by atoms with van der Waals surface area (Å²) in [5.74, 6) is 6.00. The van der Waals surface area contributed by atoms with Gasteiger partial charge < -0.3 is 0 Å². The molecule has 0 saturated heterocycles. The summed E-state index contributed by atoms with van der Waals surface area (Å²) in [5, 5.41) is 1.96. The van der Waals surface area contributed by atoms with E-state index in [1.54, 1.807) is 3.71 Å². The van der Waals surface area contributed by atoms with Gasteiger partial charge in [0.25, 0.3) is 0 Å².